The van der Waals surface area contributed by atoms with E-state index in [0.717, 1.165) is 18.4 Å². The summed E-state index contributed by atoms with van der Waals surface area (Å²) in [5.74, 6) is -3.02. The van der Waals surface area contributed by atoms with E-state index in [1.807, 2.05) is 13.0 Å². The number of piperazine rings is 1. The number of ether oxygens (including phenoxy) is 2. The molecular weight excluding hydrogens is 612 g/mol. The highest BCUT2D eigenvalue weighted by molar-refractivity contribution is 6.00. The van der Waals surface area contributed by atoms with Gasteiger partial charge in [0.05, 0.1) is 18.5 Å². The van der Waals surface area contributed by atoms with Crippen molar-refractivity contribution >= 4 is 46.6 Å². The summed E-state index contributed by atoms with van der Waals surface area (Å²) in [6.07, 6.45) is 2.00. The quantitative estimate of drug-likeness (QED) is 0.317. The van der Waals surface area contributed by atoms with Gasteiger partial charge in [-0.3, -0.25) is 24.0 Å². The molecule has 0 spiro atoms. The lowest BCUT2D eigenvalue weighted by Crippen LogP contribution is -2.56. The molecule has 3 aliphatic rings. The van der Waals surface area contributed by atoms with Crippen molar-refractivity contribution in [1.29, 1.82) is 0 Å². The van der Waals surface area contributed by atoms with Gasteiger partial charge in [0.2, 0.25) is 11.8 Å². The van der Waals surface area contributed by atoms with Crippen LogP contribution in [0, 0.1) is 6.92 Å². The smallest absolute Gasteiger partial charge is 0.409 e. The highest BCUT2D eigenvalue weighted by Gasteiger charge is 2.37. The van der Waals surface area contributed by atoms with Crippen LogP contribution in [0.2, 0.25) is 0 Å². The first-order chi connectivity index (χ1) is 22.5. The third kappa shape index (κ3) is 8.26. The minimum absolute atomic E-state index is 0.135. The molecule has 0 bridgehead atoms. The fraction of sp³-hybridized carbons (Fsp3) is 0.531. The molecule has 252 valence electrons. The second kappa shape index (κ2) is 14.6. The van der Waals surface area contributed by atoms with Gasteiger partial charge in [-0.15, -0.1) is 0 Å². The Morgan fingerprint density at radius 3 is 2.40 bits per heavy atom. The molecule has 2 aliphatic heterocycles. The second-order valence-corrected chi connectivity index (χ2v) is 12.0. The maximum atomic E-state index is 13.5. The van der Waals surface area contributed by atoms with Crippen molar-refractivity contribution in [3.05, 3.63) is 35.5 Å². The van der Waals surface area contributed by atoms with Crippen molar-refractivity contribution in [2.45, 2.75) is 64.1 Å². The van der Waals surface area contributed by atoms with Crippen molar-refractivity contribution < 1.29 is 43.3 Å². The van der Waals surface area contributed by atoms with Crippen molar-refractivity contribution in [2.24, 2.45) is 0 Å². The molecule has 15 heteroatoms. The number of rotatable bonds is 11. The van der Waals surface area contributed by atoms with Gasteiger partial charge >= 0.3 is 12.1 Å². The van der Waals surface area contributed by atoms with Crippen LogP contribution in [-0.2, 0) is 23.9 Å². The first-order valence-corrected chi connectivity index (χ1v) is 15.9. The number of benzene rings is 1. The molecule has 1 aliphatic carbocycles. The normalized spacial score (nSPS) is 18.4. The number of aliphatic carboxylic acids is 1. The number of carbonyl (C=O) groups is 6. The molecule has 2 aromatic rings. The van der Waals surface area contributed by atoms with Gasteiger partial charge in [-0.25, -0.2) is 9.78 Å². The van der Waals surface area contributed by atoms with Crippen molar-refractivity contribution in [3.63, 3.8) is 0 Å². The highest BCUT2D eigenvalue weighted by atomic mass is 16.6. The van der Waals surface area contributed by atoms with E-state index in [-0.39, 0.29) is 68.7 Å². The summed E-state index contributed by atoms with van der Waals surface area (Å²) in [4.78, 5) is 85.3. The van der Waals surface area contributed by atoms with Gasteiger partial charge < -0.3 is 39.9 Å². The molecule has 5 rings (SSSR count). The summed E-state index contributed by atoms with van der Waals surface area (Å²) >= 11 is 0. The molecule has 2 saturated heterocycles. The summed E-state index contributed by atoms with van der Waals surface area (Å²) in [6, 6.07) is 4.91. The molecular formula is C32H40N6O9. The maximum absolute atomic E-state index is 13.5. The Labute approximate surface area is 271 Å². The van der Waals surface area contributed by atoms with Gasteiger partial charge in [-0.05, 0) is 57.2 Å². The Hall–Kier alpha value is -4.95. The lowest BCUT2D eigenvalue weighted by Gasteiger charge is -2.35. The molecule has 1 aromatic heterocycles. The van der Waals surface area contributed by atoms with Crippen molar-refractivity contribution in [1.82, 2.24) is 30.3 Å². The zero-order valence-electron chi connectivity index (χ0n) is 26.5. The molecule has 1 saturated carbocycles. The Morgan fingerprint density at radius 2 is 1.72 bits per heavy atom. The third-order valence-electron chi connectivity index (χ3n) is 8.41. The monoisotopic (exact) mass is 652 g/mol. The molecule has 5 amide bonds. The predicted octanol–water partition coefficient (Wildman–Crippen LogP) is 1.07. The SMILES string of the molecule is CCOC(=O)N1CCN(C(=O)C(CC(=O)O)NC(=O)c2cc(OCC(=O)N3CCCC3C(=O)NC3CC3)c3ccc(C)cc3n2)CC1. The summed E-state index contributed by atoms with van der Waals surface area (Å²) in [5.41, 5.74) is 1.12. The Bertz CT molecular complexity index is 1550. The van der Waals surface area contributed by atoms with E-state index in [9.17, 15) is 33.9 Å². The number of carboxylic acids is 1. The number of aromatic nitrogens is 1. The summed E-state index contributed by atoms with van der Waals surface area (Å²) in [5, 5.41) is 15.5. The molecule has 3 heterocycles. The number of aryl methyl sites for hydroxylation is 1. The summed E-state index contributed by atoms with van der Waals surface area (Å²) < 4.78 is 11.0. The van der Waals surface area contributed by atoms with Crippen LogP contribution in [0.1, 0.15) is 55.1 Å². The largest absolute Gasteiger partial charge is 0.483 e. The average molecular weight is 653 g/mol. The number of nitrogens with zero attached hydrogens (tertiary/aromatic N) is 4. The molecule has 3 fully saturated rings. The van der Waals surface area contributed by atoms with Gasteiger partial charge in [-0.1, -0.05) is 6.07 Å². The minimum Gasteiger partial charge on any atom is -0.483 e. The zero-order valence-corrected chi connectivity index (χ0v) is 26.5. The number of hydrogen-bond donors (Lipinski definition) is 3. The minimum atomic E-state index is -1.40. The predicted molar refractivity (Wildman–Crippen MR) is 167 cm³/mol. The number of pyridine rings is 1. The first kappa shape index (κ1) is 33.4. The van der Waals surface area contributed by atoms with Gasteiger partial charge in [0.1, 0.15) is 23.5 Å². The topological polar surface area (TPSA) is 188 Å². The fourth-order valence-corrected chi connectivity index (χ4v) is 5.78. The lowest BCUT2D eigenvalue weighted by atomic mass is 10.1. The third-order valence-corrected chi connectivity index (χ3v) is 8.41. The molecule has 2 atom stereocenters. The second-order valence-electron chi connectivity index (χ2n) is 12.0. The summed E-state index contributed by atoms with van der Waals surface area (Å²) in [7, 11) is 0. The van der Waals surface area contributed by atoms with Crippen LogP contribution >= 0.6 is 0 Å². The summed E-state index contributed by atoms with van der Waals surface area (Å²) in [6.45, 7) is 4.50. The first-order valence-electron chi connectivity index (χ1n) is 15.9. The number of fused-ring (bicyclic) bond motifs is 1. The van der Waals surface area contributed by atoms with E-state index in [2.05, 4.69) is 15.6 Å². The van der Waals surface area contributed by atoms with E-state index in [1.165, 1.54) is 20.8 Å². The van der Waals surface area contributed by atoms with Crippen molar-refractivity contribution in [3.8, 4) is 5.75 Å². The Morgan fingerprint density at radius 1 is 1.00 bits per heavy atom. The average Bonchev–Trinajstić information content (AvgIpc) is 3.72. The maximum Gasteiger partial charge on any atom is 0.409 e. The molecule has 3 N–H and O–H groups in total. The Kier molecular flexibility index (Phi) is 10.4. The molecule has 15 nitrogen and oxygen atoms in total. The number of likely N-dealkylation sites (tertiary alicyclic amines) is 1. The Balaban J connectivity index is 1.29. The zero-order chi connectivity index (χ0) is 33.7. The molecule has 1 aromatic carbocycles. The van der Waals surface area contributed by atoms with E-state index < -0.39 is 42.4 Å². The molecule has 0 radical (unpaired) electrons. The van der Waals surface area contributed by atoms with Crippen LogP contribution in [0.5, 0.6) is 5.75 Å². The van der Waals surface area contributed by atoms with Gasteiger partial charge in [0, 0.05) is 50.2 Å². The highest BCUT2D eigenvalue weighted by Crippen LogP contribution is 2.28. The van der Waals surface area contributed by atoms with Gasteiger partial charge in [-0.2, -0.15) is 0 Å². The molecule has 2 unspecified atom stereocenters. The van der Waals surface area contributed by atoms with Gasteiger partial charge in [0.25, 0.3) is 11.8 Å². The van der Waals surface area contributed by atoms with Crippen molar-refractivity contribution in [2.75, 3.05) is 45.9 Å². The number of hydrogen-bond acceptors (Lipinski definition) is 9. The van der Waals surface area contributed by atoms with Crippen LogP contribution in [0.3, 0.4) is 0 Å². The van der Waals surface area contributed by atoms with E-state index in [4.69, 9.17) is 9.47 Å². The van der Waals surface area contributed by atoms with E-state index >= 15 is 0 Å². The van der Waals surface area contributed by atoms with Crippen LogP contribution in [0.15, 0.2) is 24.3 Å². The number of amides is 5. The van der Waals surface area contributed by atoms with Crippen LogP contribution in [0.4, 0.5) is 4.79 Å². The number of carboxylic acid groups (broad SMARTS) is 1. The lowest BCUT2D eigenvalue weighted by molar-refractivity contribution is -0.143. The van der Waals surface area contributed by atoms with Crippen LogP contribution < -0.4 is 15.4 Å². The molecule has 47 heavy (non-hydrogen) atoms. The number of carbonyl (C=O) groups excluding carboxylic acids is 5. The standard InChI is InChI=1S/C32H40N6O9/c1-3-46-32(45)37-13-11-36(12-14-37)31(44)24(17-28(40)41)35-29(42)23-16-26(21-9-6-19(2)15-22(21)34-23)47-18-27(39)38-10-4-5-25(38)30(43)33-20-7-8-20/h6,9,15-16,20,24-25H,3-5,7-8,10-14,17-18H2,1-2H3,(H,33,43)(H,35,42)(H,40,41). The van der Waals surface area contributed by atoms with E-state index in [0.29, 0.717) is 30.3 Å². The van der Waals surface area contributed by atoms with E-state index in [1.54, 1.807) is 19.1 Å². The number of nitrogens with one attached hydrogen (secondary N) is 2. The van der Waals surface area contributed by atoms with Crippen LogP contribution in [-0.4, -0.2) is 125 Å². The van der Waals surface area contributed by atoms with Gasteiger partial charge in [0.15, 0.2) is 6.61 Å². The fourth-order valence-electron chi connectivity index (χ4n) is 5.78. The van der Waals surface area contributed by atoms with Crippen LogP contribution in [0.25, 0.3) is 10.9 Å².